The van der Waals surface area contributed by atoms with E-state index in [1.54, 1.807) is 0 Å². The molecule has 0 aliphatic carbocycles. The molecule has 3 atom stereocenters. The van der Waals surface area contributed by atoms with E-state index in [1.165, 1.54) is 0 Å². The van der Waals surface area contributed by atoms with Crippen LogP contribution in [0.4, 0.5) is 0 Å². The second-order valence-electron chi connectivity index (χ2n) is 2.88. The van der Waals surface area contributed by atoms with Crippen molar-refractivity contribution in [1.29, 1.82) is 0 Å². The predicted octanol–water partition coefficient (Wildman–Crippen LogP) is -0.0929. The topological polar surface area (TPSA) is 49.7 Å². The van der Waals surface area contributed by atoms with E-state index >= 15 is 0 Å². The van der Waals surface area contributed by atoms with Gasteiger partial charge in [-0.05, 0) is 13.3 Å². The fourth-order valence-corrected chi connectivity index (χ4v) is 1.34. The molecule has 1 rings (SSSR count). The molecule has 0 aromatic rings. The number of aliphatic hydroxyl groups excluding tert-OH is 2. The van der Waals surface area contributed by atoms with Crippen LogP contribution in [0.5, 0.6) is 0 Å². The molecule has 0 radical (unpaired) electrons. The molecule has 0 aromatic carbocycles. The van der Waals surface area contributed by atoms with E-state index in [0.717, 1.165) is 0 Å². The summed E-state index contributed by atoms with van der Waals surface area (Å²) in [5, 5.41) is 17.9. The minimum absolute atomic E-state index is 0.0153. The second-order valence-corrected chi connectivity index (χ2v) is 2.88. The molecule has 2 N–H and O–H groups in total. The fraction of sp³-hybridized carbons (Fsp3) is 1.00. The van der Waals surface area contributed by atoms with Gasteiger partial charge >= 0.3 is 0 Å². The van der Waals surface area contributed by atoms with Gasteiger partial charge in [0.1, 0.15) is 0 Å². The Bertz CT molecular complexity index is 95.0. The molecular formula is C7H14O3. The molecule has 0 amide bonds. The van der Waals surface area contributed by atoms with E-state index in [2.05, 4.69) is 0 Å². The Kier molecular flexibility index (Phi) is 2.65. The smallest absolute Gasteiger partial charge is 0.0833 e. The van der Waals surface area contributed by atoms with E-state index in [-0.39, 0.29) is 24.9 Å². The maximum atomic E-state index is 9.19. The summed E-state index contributed by atoms with van der Waals surface area (Å²) in [6.45, 7) is 1.92. The number of ether oxygens (including phenoxy) is 1. The zero-order valence-corrected chi connectivity index (χ0v) is 6.16. The van der Waals surface area contributed by atoms with Crippen molar-refractivity contribution < 1.29 is 14.9 Å². The molecule has 0 spiro atoms. The Morgan fingerprint density at radius 2 is 2.20 bits per heavy atom. The third-order valence-electron chi connectivity index (χ3n) is 1.77. The van der Waals surface area contributed by atoms with Crippen LogP contribution < -0.4 is 0 Å². The fourth-order valence-electron chi connectivity index (χ4n) is 1.34. The van der Waals surface area contributed by atoms with Crippen molar-refractivity contribution in [3.63, 3.8) is 0 Å². The minimum atomic E-state index is -0.291. The van der Waals surface area contributed by atoms with Gasteiger partial charge in [0.05, 0.1) is 24.9 Å². The van der Waals surface area contributed by atoms with Crippen LogP contribution in [0.3, 0.4) is 0 Å². The summed E-state index contributed by atoms with van der Waals surface area (Å²) >= 11 is 0. The van der Waals surface area contributed by atoms with E-state index in [9.17, 15) is 5.11 Å². The molecule has 3 nitrogen and oxygen atoms in total. The summed E-state index contributed by atoms with van der Waals surface area (Å²) in [4.78, 5) is 0. The Hall–Kier alpha value is -0.120. The third kappa shape index (κ3) is 1.94. The highest BCUT2D eigenvalue weighted by molar-refractivity contribution is 4.73. The summed E-state index contributed by atoms with van der Waals surface area (Å²) in [5.41, 5.74) is 0. The lowest BCUT2D eigenvalue weighted by molar-refractivity contribution is -0.104. The Labute approximate surface area is 60.6 Å². The van der Waals surface area contributed by atoms with Gasteiger partial charge in [-0.2, -0.15) is 0 Å². The normalized spacial score (nSPS) is 41.7. The molecule has 1 aliphatic heterocycles. The van der Waals surface area contributed by atoms with Crippen LogP contribution in [0, 0.1) is 0 Å². The molecule has 1 aliphatic rings. The number of hydrogen-bond donors (Lipinski definition) is 2. The maximum absolute atomic E-state index is 9.19. The van der Waals surface area contributed by atoms with Crippen molar-refractivity contribution in [2.45, 2.75) is 38.1 Å². The van der Waals surface area contributed by atoms with Gasteiger partial charge in [-0.3, -0.25) is 0 Å². The van der Waals surface area contributed by atoms with Crippen LogP contribution in [0.2, 0.25) is 0 Å². The summed E-state index contributed by atoms with van der Waals surface area (Å²) in [5.74, 6) is 0. The lowest BCUT2D eigenvalue weighted by Gasteiger charge is -2.29. The summed E-state index contributed by atoms with van der Waals surface area (Å²) in [6, 6.07) is 0. The molecule has 1 heterocycles. The van der Waals surface area contributed by atoms with Gasteiger partial charge in [-0.15, -0.1) is 0 Å². The van der Waals surface area contributed by atoms with Crippen molar-refractivity contribution >= 4 is 0 Å². The number of rotatable bonds is 1. The van der Waals surface area contributed by atoms with Crippen molar-refractivity contribution in [3.8, 4) is 0 Å². The van der Waals surface area contributed by atoms with Crippen LogP contribution in [0.25, 0.3) is 0 Å². The Morgan fingerprint density at radius 3 is 2.70 bits per heavy atom. The predicted molar refractivity (Wildman–Crippen MR) is 36.7 cm³/mol. The standard InChI is InChI=1S/C7H14O3/c1-5-2-6(9)3-7(4-8)10-5/h5-9H,2-4H2,1H3/t5-,6+,7-/m1/s1. The van der Waals surface area contributed by atoms with E-state index in [1.807, 2.05) is 6.92 Å². The van der Waals surface area contributed by atoms with Crippen molar-refractivity contribution in [2.75, 3.05) is 6.61 Å². The summed E-state index contributed by atoms with van der Waals surface area (Å²) < 4.78 is 5.30. The van der Waals surface area contributed by atoms with Gasteiger partial charge in [0, 0.05) is 6.42 Å². The van der Waals surface area contributed by atoms with Crippen LogP contribution >= 0.6 is 0 Å². The van der Waals surface area contributed by atoms with Gasteiger partial charge in [0.2, 0.25) is 0 Å². The zero-order valence-electron chi connectivity index (χ0n) is 6.16. The highest BCUT2D eigenvalue weighted by Gasteiger charge is 2.24. The molecule has 1 fully saturated rings. The lowest BCUT2D eigenvalue weighted by Crippen LogP contribution is -2.35. The first-order chi connectivity index (χ1) is 4.72. The molecule has 0 unspecified atom stereocenters. The SMILES string of the molecule is C[C@@H]1C[C@H](O)C[C@H](CO)O1. The highest BCUT2D eigenvalue weighted by atomic mass is 16.5. The van der Waals surface area contributed by atoms with E-state index < -0.39 is 0 Å². The maximum Gasteiger partial charge on any atom is 0.0833 e. The van der Waals surface area contributed by atoms with Crippen molar-refractivity contribution in [2.24, 2.45) is 0 Å². The molecular weight excluding hydrogens is 132 g/mol. The van der Waals surface area contributed by atoms with Gasteiger partial charge < -0.3 is 14.9 Å². The first kappa shape index (κ1) is 7.98. The summed E-state index contributed by atoms with van der Waals surface area (Å²) in [7, 11) is 0. The van der Waals surface area contributed by atoms with Crippen LogP contribution in [0.15, 0.2) is 0 Å². The lowest BCUT2D eigenvalue weighted by atomic mass is 10.0. The zero-order chi connectivity index (χ0) is 7.56. The molecule has 10 heavy (non-hydrogen) atoms. The molecule has 0 aromatic heterocycles. The number of aliphatic hydroxyl groups is 2. The summed E-state index contributed by atoms with van der Waals surface area (Å²) in [6.07, 6.45) is 0.901. The van der Waals surface area contributed by atoms with Crippen LogP contribution in [0.1, 0.15) is 19.8 Å². The van der Waals surface area contributed by atoms with Crippen LogP contribution in [-0.4, -0.2) is 35.1 Å². The minimum Gasteiger partial charge on any atom is -0.394 e. The Balaban J connectivity index is 2.35. The Morgan fingerprint density at radius 1 is 1.50 bits per heavy atom. The van der Waals surface area contributed by atoms with E-state index in [4.69, 9.17) is 9.84 Å². The van der Waals surface area contributed by atoms with Crippen LogP contribution in [-0.2, 0) is 4.74 Å². The van der Waals surface area contributed by atoms with Gasteiger partial charge in [-0.1, -0.05) is 0 Å². The largest absolute Gasteiger partial charge is 0.394 e. The molecule has 0 saturated carbocycles. The number of hydrogen-bond acceptors (Lipinski definition) is 3. The first-order valence-corrected chi connectivity index (χ1v) is 3.66. The quantitative estimate of drug-likeness (QED) is 0.543. The van der Waals surface area contributed by atoms with Gasteiger partial charge in [0.15, 0.2) is 0 Å². The van der Waals surface area contributed by atoms with Crippen molar-refractivity contribution in [1.82, 2.24) is 0 Å². The second kappa shape index (κ2) is 3.32. The molecule has 60 valence electrons. The molecule has 0 bridgehead atoms. The monoisotopic (exact) mass is 146 g/mol. The molecule has 3 heteroatoms. The van der Waals surface area contributed by atoms with E-state index in [0.29, 0.717) is 12.8 Å². The van der Waals surface area contributed by atoms with Gasteiger partial charge in [0.25, 0.3) is 0 Å². The van der Waals surface area contributed by atoms with Gasteiger partial charge in [-0.25, -0.2) is 0 Å². The average molecular weight is 146 g/mol. The highest BCUT2D eigenvalue weighted by Crippen LogP contribution is 2.18. The average Bonchev–Trinajstić information content (AvgIpc) is 1.85. The third-order valence-corrected chi connectivity index (χ3v) is 1.77. The first-order valence-electron chi connectivity index (χ1n) is 3.66. The van der Waals surface area contributed by atoms with Crippen molar-refractivity contribution in [3.05, 3.63) is 0 Å². The molecule has 1 saturated heterocycles.